The number of aromatic amines is 2. The Morgan fingerprint density at radius 3 is 1.35 bits per heavy atom. The van der Waals surface area contributed by atoms with Gasteiger partial charge in [0.1, 0.15) is 24.8 Å². The van der Waals surface area contributed by atoms with Crippen LogP contribution in [0.2, 0.25) is 0 Å². The molecule has 2 N–H and O–H groups in total. The summed E-state index contributed by atoms with van der Waals surface area (Å²) >= 11 is 0. The number of rotatable bonds is 2. The molecule has 0 aliphatic rings. The highest BCUT2D eigenvalue weighted by Gasteiger charge is 1.79. The lowest BCUT2D eigenvalue weighted by molar-refractivity contribution is -0.670. The SMILES string of the molecule is C[n+]1cc[nH]c1.C[n+]1cc[nH]c1.O=C([O-])/C=C/C(=O)[O-]. The van der Waals surface area contributed by atoms with Crippen molar-refractivity contribution in [1.82, 2.24) is 9.97 Å². The number of hydrogen-bond donors (Lipinski definition) is 2. The van der Waals surface area contributed by atoms with E-state index in [1.54, 1.807) is 0 Å². The van der Waals surface area contributed by atoms with Crippen molar-refractivity contribution in [3.8, 4) is 0 Å². The monoisotopic (exact) mass is 280 g/mol. The number of aromatic nitrogens is 4. The normalized spacial score (nSPS) is 9.10. The van der Waals surface area contributed by atoms with Gasteiger partial charge in [0.25, 0.3) is 0 Å². The Morgan fingerprint density at radius 2 is 1.25 bits per heavy atom. The van der Waals surface area contributed by atoms with Gasteiger partial charge in [-0.25, -0.2) is 9.13 Å². The highest BCUT2D eigenvalue weighted by atomic mass is 16.4. The van der Waals surface area contributed by atoms with Crippen molar-refractivity contribution in [3.63, 3.8) is 0 Å². The molecule has 2 rings (SSSR count). The Bertz CT molecular complexity index is 469. The molecule has 8 heteroatoms. The summed E-state index contributed by atoms with van der Waals surface area (Å²) in [6.07, 6.45) is 12.2. The van der Waals surface area contributed by atoms with Gasteiger partial charge in [0, 0.05) is 0 Å². The lowest BCUT2D eigenvalue weighted by Crippen LogP contribution is -2.23. The molecular formula is C12H16N4O4. The van der Waals surface area contributed by atoms with Crippen molar-refractivity contribution in [2.24, 2.45) is 14.1 Å². The summed E-state index contributed by atoms with van der Waals surface area (Å²) in [5, 5.41) is 18.8. The largest absolute Gasteiger partial charge is 0.545 e. The molecular weight excluding hydrogens is 264 g/mol. The summed E-state index contributed by atoms with van der Waals surface area (Å²) in [5.41, 5.74) is 0. The second-order valence-corrected chi connectivity index (χ2v) is 3.53. The molecule has 0 aliphatic heterocycles. The van der Waals surface area contributed by atoms with Gasteiger partial charge in [0.2, 0.25) is 12.7 Å². The molecule has 20 heavy (non-hydrogen) atoms. The van der Waals surface area contributed by atoms with Crippen LogP contribution in [0.5, 0.6) is 0 Å². The number of carboxylic acids is 2. The van der Waals surface area contributed by atoms with Gasteiger partial charge in [-0.05, 0) is 12.2 Å². The third-order valence-corrected chi connectivity index (χ3v) is 1.72. The fourth-order valence-electron chi connectivity index (χ4n) is 0.865. The maximum atomic E-state index is 9.41. The zero-order valence-corrected chi connectivity index (χ0v) is 11.1. The van der Waals surface area contributed by atoms with Crippen LogP contribution in [0.25, 0.3) is 0 Å². The van der Waals surface area contributed by atoms with Crippen molar-refractivity contribution in [3.05, 3.63) is 49.6 Å². The minimum Gasteiger partial charge on any atom is -0.545 e. The zero-order valence-electron chi connectivity index (χ0n) is 11.1. The molecule has 0 radical (unpaired) electrons. The van der Waals surface area contributed by atoms with E-state index in [1.807, 2.05) is 60.7 Å². The van der Waals surface area contributed by atoms with Gasteiger partial charge in [0.05, 0.1) is 26.0 Å². The summed E-state index contributed by atoms with van der Waals surface area (Å²) in [6.45, 7) is 0. The smallest absolute Gasteiger partial charge is 0.241 e. The third kappa shape index (κ3) is 11.6. The van der Waals surface area contributed by atoms with Crippen LogP contribution in [0.4, 0.5) is 0 Å². The minimum atomic E-state index is -1.55. The number of carbonyl (C=O) groups excluding carboxylic acids is 2. The summed E-state index contributed by atoms with van der Waals surface area (Å²) in [4.78, 5) is 24.6. The molecule has 8 nitrogen and oxygen atoms in total. The van der Waals surface area contributed by atoms with Crippen LogP contribution in [-0.2, 0) is 23.7 Å². The first kappa shape index (κ1) is 17.1. The van der Waals surface area contributed by atoms with Gasteiger partial charge in [0.15, 0.2) is 0 Å². The van der Waals surface area contributed by atoms with Crippen molar-refractivity contribution >= 4 is 11.9 Å². The summed E-state index contributed by atoms with van der Waals surface area (Å²) < 4.78 is 3.89. The van der Waals surface area contributed by atoms with E-state index in [-0.39, 0.29) is 0 Å². The van der Waals surface area contributed by atoms with E-state index in [0.717, 1.165) is 0 Å². The van der Waals surface area contributed by atoms with Crippen LogP contribution in [-0.4, -0.2) is 21.9 Å². The fraction of sp³-hybridized carbons (Fsp3) is 0.167. The highest BCUT2D eigenvalue weighted by Crippen LogP contribution is 1.64. The second kappa shape index (κ2) is 10.1. The number of aryl methyl sites for hydroxylation is 2. The van der Waals surface area contributed by atoms with Crippen LogP contribution < -0.4 is 19.3 Å². The number of hydrogen-bond acceptors (Lipinski definition) is 4. The fourth-order valence-corrected chi connectivity index (χ4v) is 0.865. The van der Waals surface area contributed by atoms with E-state index in [0.29, 0.717) is 12.2 Å². The maximum Gasteiger partial charge on any atom is 0.241 e. The Morgan fingerprint density at radius 1 is 0.900 bits per heavy atom. The maximum absolute atomic E-state index is 9.41. The average Bonchev–Trinajstić information content (AvgIpc) is 3.02. The predicted octanol–water partition coefficient (Wildman–Crippen LogP) is -3.28. The lowest BCUT2D eigenvalue weighted by Gasteiger charge is -1.90. The number of carbonyl (C=O) groups is 2. The van der Waals surface area contributed by atoms with Gasteiger partial charge in [-0.15, -0.1) is 0 Å². The standard InChI is InChI=1S/2C4H6N2.C4H4O4/c2*1-6-3-2-5-4-6;5-3(6)1-2-4(7)8/h2*2-4H,1H3;1-2H,(H,5,6)(H,7,8)/b;;2-1+. The number of nitrogens with zero attached hydrogens (tertiary/aromatic N) is 2. The summed E-state index contributed by atoms with van der Waals surface area (Å²) in [7, 11) is 3.94. The van der Waals surface area contributed by atoms with E-state index in [9.17, 15) is 19.8 Å². The van der Waals surface area contributed by atoms with Gasteiger partial charge in [-0.3, -0.25) is 9.97 Å². The Labute approximate surface area is 115 Å². The van der Waals surface area contributed by atoms with Crippen molar-refractivity contribution < 1.29 is 28.9 Å². The molecule has 2 heterocycles. The first-order valence-electron chi connectivity index (χ1n) is 5.48. The Hall–Kier alpha value is -2.90. The van der Waals surface area contributed by atoms with Crippen molar-refractivity contribution in [1.29, 1.82) is 0 Å². The van der Waals surface area contributed by atoms with Crippen molar-refractivity contribution in [2.45, 2.75) is 0 Å². The average molecular weight is 280 g/mol. The van der Waals surface area contributed by atoms with Crippen LogP contribution in [0.15, 0.2) is 49.6 Å². The molecule has 0 atom stereocenters. The van der Waals surface area contributed by atoms with Gasteiger partial charge in [-0.2, -0.15) is 0 Å². The molecule has 0 saturated carbocycles. The Balaban J connectivity index is 0.000000274. The number of nitrogens with one attached hydrogen (secondary N) is 2. The highest BCUT2D eigenvalue weighted by molar-refractivity contribution is 5.87. The van der Waals surface area contributed by atoms with E-state index < -0.39 is 11.9 Å². The summed E-state index contributed by atoms with van der Waals surface area (Å²) in [5.74, 6) is -3.09. The molecule has 108 valence electrons. The van der Waals surface area contributed by atoms with Crippen LogP contribution in [0.3, 0.4) is 0 Å². The van der Waals surface area contributed by atoms with Crippen LogP contribution >= 0.6 is 0 Å². The quantitative estimate of drug-likeness (QED) is 0.443. The molecule has 2 aromatic heterocycles. The predicted molar refractivity (Wildman–Crippen MR) is 63.1 cm³/mol. The van der Waals surface area contributed by atoms with E-state index in [2.05, 4.69) is 9.97 Å². The number of carboxylic acid groups (broad SMARTS) is 2. The Kier molecular flexibility index (Phi) is 8.60. The molecule has 0 fully saturated rings. The van der Waals surface area contributed by atoms with Gasteiger partial charge < -0.3 is 19.8 Å². The molecule has 2 aromatic rings. The zero-order chi connectivity index (χ0) is 15.4. The topological polar surface area (TPSA) is 120 Å². The molecule has 0 spiro atoms. The van der Waals surface area contributed by atoms with Gasteiger partial charge >= 0.3 is 0 Å². The van der Waals surface area contributed by atoms with E-state index in [4.69, 9.17) is 0 Å². The van der Waals surface area contributed by atoms with Crippen molar-refractivity contribution in [2.75, 3.05) is 0 Å². The number of aliphatic carboxylic acids is 2. The molecule has 0 unspecified atom stereocenters. The lowest BCUT2D eigenvalue weighted by atomic mass is 10.5. The van der Waals surface area contributed by atoms with Crippen LogP contribution in [0, 0.1) is 0 Å². The second-order valence-electron chi connectivity index (χ2n) is 3.53. The minimum absolute atomic E-state index is 0.384. The first-order chi connectivity index (χ1) is 9.41. The van der Waals surface area contributed by atoms with E-state index >= 15 is 0 Å². The molecule has 0 saturated heterocycles. The molecule has 0 aromatic carbocycles. The van der Waals surface area contributed by atoms with Gasteiger partial charge in [-0.1, -0.05) is 0 Å². The van der Waals surface area contributed by atoms with Crippen LogP contribution in [0.1, 0.15) is 0 Å². The molecule has 0 amide bonds. The molecule has 0 aliphatic carbocycles. The van der Waals surface area contributed by atoms with E-state index in [1.165, 1.54) is 0 Å². The summed E-state index contributed by atoms with van der Waals surface area (Å²) in [6, 6.07) is 0. The number of H-pyrrole nitrogens is 2. The third-order valence-electron chi connectivity index (χ3n) is 1.72. The number of imidazole rings is 2. The first-order valence-corrected chi connectivity index (χ1v) is 5.48. The molecule has 0 bridgehead atoms.